The molecule has 2 rings (SSSR count). The van der Waals surface area contributed by atoms with Gasteiger partial charge in [-0.2, -0.15) is 0 Å². The quantitative estimate of drug-likeness (QED) is 0.609. The van der Waals surface area contributed by atoms with Gasteiger partial charge in [0.25, 0.3) is 0 Å². The molecule has 0 unspecified atom stereocenters. The first-order valence-electron chi connectivity index (χ1n) is 6.68. The summed E-state index contributed by atoms with van der Waals surface area (Å²) in [6, 6.07) is 0. The van der Waals surface area contributed by atoms with E-state index in [0.29, 0.717) is 13.2 Å². The molecule has 0 saturated carbocycles. The Labute approximate surface area is 105 Å². The van der Waals surface area contributed by atoms with Crippen molar-refractivity contribution in [2.45, 2.75) is 45.1 Å². The maximum atomic E-state index is 5.76. The molecular formula is C12H24BO4. The maximum Gasteiger partial charge on any atom is 0.488 e. The molecule has 0 N–H and O–H groups in total. The zero-order valence-corrected chi connectivity index (χ0v) is 11.1. The fourth-order valence-electron chi connectivity index (χ4n) is 2.06. The van der Waals surface area contributed by atoms with Crippen molar-refractivity contribution in [1.29, 1.82) is 0 Å². The first kappa shape index (κ1) is 15.0. The molecule has 2 aliphatic rings. The lowest BCUT2D eigenvalue weighted by molar-refractivity contribution is -0.0687. The lowest BCUT2D eigenvalue weighted by Gasteiger charge is -2.37. The van der Waals surface area contributed by atoms with Gasteiger partial charge in [0, 0.05) is 19.8 Å². The van der Waals surface area contributed by atoms with Gasteiger partial charge in [-0.25, -0.2) is 0 Å². The molecule has 1 radical (unpaired) electrons. The van der Waals surface area contributed by atoms with Gasteiger partial charge >= 0.3 is 7.69 Å². The maximum absolute atomic E-state index is 5.76. The third kappa shape index (κ3) is 5.38. The topological polar surface area (TPSA) is 36.9 Å². The van der Waals surface area contributed by atoms with Gasteiger partial charge in [-0.3, -0.25) is 0 Å². The van der Waals surface area contributed by atoms with E-state index in [2.05, 4.69) is 0 Å². The molecule has 0 aromatic carbocycles. The molecule has 99 valence electrons. The van der Waals surface area contributed by atoms with E-state index < -0.39 is 0 Å². The molecule has 0 atom stereocenters. The molecule has 17 heavy (non-hydrogen) atoms. The first-order valence-corrected chi connectivity index (χ1v) is 6.68. The molecule has 4 nitrogen and oxygen atoms in total. The molecule has 2 heterocycles. The van der Waals surface area contributed by atoms with Crippen molar-refractivity contribution >= 4 is 7.69 Å². The summed E-state index contributed by atoms with van der Waals surface area (Å²) >= 11 is 0. The van der Waals surface area contributed by atoms with Crippen LogP contribution in [0, 0.1) is 0 Å². The summed E-state index contributed by atoms with van der Waals surface area (Å²) in [6.45, 7) is 7.60. The SMILES string of the molecule is CC.[B]1OCCOCCCC2(CCOCC2)O1. The third-order valence-corrected chi connectivity index (χ3v) is 3.04. The van der Waals surface area contributed by atoms with Crippen LogP contribution in [-0.4, -0.2) is 46.3 Å². The molecule has 2 saturated heterocycles. The molecular weight excluding hydrogens is 219 g/mol. The average Bonchev–Trinajstić information content (AvgIpc) is 2.41. The van der Waals surface area contributed by atoms with Crippen LogP contribution in [0.5, 0.6) is 0 Å². The van der Waals surface area contributed by atoms with Crippen LogP contribution in [0.15, 0.2) is 0 Å². The molecule has 2 fully saturated rings. The molecule has 0 amide bonds. The Morgan fingerprint density at radius 2 is 1.53 bits per heavy atom. The number of hydrogen-bond acceptors (Lipinski definition) is 4. The Morgan fingerprint density at radius 1 is 0.824 bits per heavy atom. The standard InChI is InChI=1S/C10H18BO4.C2H6/c1-2-10(3-6-13-7-4-10)15-11-14-9-8-12-5-1;1-2/h1-9H2;1-2H3. The fraction of sp³-hybridized carbons (Fsp3) is 1.00. The second-order valence-electron chi connectivity index (χ2n) is 4.10. The van der Waals surface area contributed by atoms with Crippen LogP contribution in [0.1, 0.15) is 39.5 Å². The van der Waals surface area contributed by atoms with Gasteiger partial charge in [-0.15, -0.1) is 0 Å². The average molecular weight is 243 g/mol. The summed E-state index contributed by atoms with van der Waals surface area (Å²) in [7, 11) is 1.49. The van der Waals surface area contributed by atoms with Crippen molar-refractivity contribution in [3.05, 3.63) is 0 Å². The summed E-state index contributed by atoms with van der Waals surface area (Å²) in [5.74, 6) is 0. The van der Waals surface area contributed by atoms with Gasteiger partial charge in [0.1, 0.15) is 0 Å². The summed E-state index contributed by atoms with van der Waals surface area (Å²) in [4.78, 5) is 0. The lowest BCUT2D eigenvalue weighted by Crippen LogP contribution is -2.41. The van der Waals surface area contributed by atoms with Crippen molar-refractivity contribution < 1.29 is 18.8 Å². The second kappa shape index (κ2) is 8.92. The zero-order chi connectivity index (χ0) is 12.4. The van der Waals surface area contributed by atoms with Gasteiger partial charge in [-0.1, -0.05) is 13.8 Å². The molecule has 0 aromatic rings. The normalized spacial score (nSPS) is 25.3. The molecule has 5 heteroatoms. The van der Waals surface area contributed by atoms with E-state index in [0.717, 1.165) is 45.5 Å². The fourth-order valence-corrected chi connectivity index (χ4v) is 2.06. The van der Waals surface area contributed by atoms with Crippen molar-refractivity contribution in [2.75, 3.05) is 33.0 Å². The Hall–Kier alpha value is -0.0951. The number of hydrogen-bond donors (Lipinski definition) is 0. The molecule has 0 bridgehead atoms. The first-order chi connectivity index (χ1) is 8.41. The van der Waals surface area contributed by atoms with Crippen LogP contribution in [0.4, 0.5) is 0 Å². The van der Waals surface area contributed by atoms with Crippen molar-refractivity contribution in [1.82, 2.24) is 0 Å². The number of ether oxygens (including phenoxy) is 2. The Kier molecular flexibility index (Phi) is 7.85. The van der Waals surface area contributed by atoms with Crippen LogP contribution in [0.3, 0.4) is 0 Å². The van der Waals surface area contributed by atoms with E-state index in [4.69, 9.17) is 18.8 Å². The third-order valence-electron chi connectivity index (χ3n) is 3.04. The van der Waals surface area contributed by atoms with E-state index >= 15 is 0 Å². The monoisotopic (exact) mass is 243 g/mol. The van der Waals surface area contributed by atoms with Crippen molar-refractivity contribution in [2.24, 2.45) is 0 Å². The summed E-state index contributed by atoms with van der Waals surface area (Å²) in [5, 5.41) is 0. The highest BCUT2D eigenvalue weighted by molar-refractivity contribution is 6.18. The molecule has 0 aliphatic carbocycles. The highest BCUT2D eigenvalue weighted by Crippen LogP contribution is 2.30. The Balaban J connectivity index is 0.000000686. The Morgan fingerprint density at radius 3 is 2.29 bits per heavy atom. The van der Waals surface area contributed by atoms with Gasteiger partial charge in [0.05, 0.1) is 18.8 Å². The highest BCUT2D eigenvalue weighted by Gasteiger charge is 2.33. The van der Waals surface area contributed by atoms with Crippen LogP contribution in [0.2, 0.25) is 0 Å². The largest absolute Gasteiger partial charge is 0.488 e. The number of rotatable bonds is 0. The highest BCUT2D eigenvalue weighted by atomic mass is 16.6. The predicted octanol–water partition coefficient (Wildman–Crippen LogP) is 1.94. The van der Waals surface area contributed by atoms with E-state index in [1.165, 1.54) is 7.69 Å². The lowest BCUT2D eigenvalue weighted by atomic mass is 9.88. The van der Waals surface area contributed by atoms with E-state index in [9.17, 15) is 0 Å². The smallest absolute Gasteiger partial charge is 0.411 e. The van der Waals surface area contributed by atoms with Crippen molar-refractivity contribution in [3.63, 3.8) is 0 Å². The van der Waals surface area contributed by atoms with Crippen LogP contribution in [-0.2, 0) is 18.8 Å². The minimum absolute atomic E-state index is 0.0705. The van der Waals surface area contributed by atoms with Crippen LogP contribution in [0.25, 0.3) is 0 Å². The van der Waals surface area contributed by atoms with Gasteiger partial charge in [0.15, 0.2) is 0 Å². The van der Waals surface area contributed by atoms with Gasteiger partial charge < -0.3 is 18.8 Å². The molecule has 0 aromatic heterocycles. The van der Waals surface area contributed by atoms with Gasteiger partial charge in [0.2, 0.25) is 0 Å². The summed E-state index contributed by atoms with van der Waals surface area (Å²) in [6.07, 6.45) is 3.98. The van der Waals surface area contributed by atoms with E-state index in [1.54, 1.807) is 0 Å². The van der Waals surface area contributed by atoms with Crippen LogP contribution < -0.4 is 0 Å². The molecule has 1 spiro atoms. The predicted molar refractivity (Wildman–Crippen MR) is 67.0 cm³/mol. The molecule has 2 aliphatic heterocycles. The summed E-state index contributed by atoms with van der Waals surface area (Å²) < 4.78 is 21.8. The second-order valence-corrected chi connectivity index (χ2v) is 4.10. The Bertz CT molecular complexity index is 171. The minimum atomic E-state index is -0.0705. The van der Waals surface area contributed by atoms with Crippen molar-refractivity contribution in [3.8, 4) is 0 Å². The zero-order valence-electron chi connectivity index (χ0n) is 11.1. The minimum Gasteiger partial charge on any atom is -0.411 e. The van der Waals surface area contributed by atoms with E-state index in [1.807, 2.05) is 13.8 Å². The van der Waals surface area contributed by atoms with E-state index in [-0.39, 0.29) is 5.60 Å². The van der Waals surface area contributed by atoms with Gasteiger partial charge in [-0.05, 0) is 25.7 Å². The van der Waals surface area contributed by atoms with Crippen LogP contribution >= 0.6 is 0 Å². The summed E-state index contributed by atoms with van der Waals surface area (Å²) in [5.41, 5.74) is -0.0705.